The fourth-order valence-corrected chi connectivity index (χ4v) is 2.30. The molecular weight excluding hydrogens is 257 g/mol. The van der Waals surface area contributed by atoms with Crippen molar-refractivity contribution in [3.8, 4) is 11.1 Å². The first kappa shape index (κ1) is 11.5. The largest absolute Gasteiger partial charge is 0.416 e. The van der Waals surface area contributed by atoms with Crippen LogP contribution in [-0.2, 0) is 6.18 Å². The lowest BCUT2D eigenvalue weighted by Gasteiger charge is -2.07. The fraction of sp³-hybridized carbons (Fsp3) is 0.0909. The third kappa shape index (κ3) is 2.23. The van der Waals surface area contributed by atoms with Crippen LogP contribution < -0.4 is 0 Å². The molecule has 0 saturated heterocycles. The maximum absolute atomic E-state index is 12.3. The Kier molecular flexibility index (Phi) is 2.95. The van der Waals surface area contributed by atoms with Gasteiger partial charge in [-0.05, 0) is 29.1 Å². The standard InChI is InChI=1S/C11H6ClF3S/c12-10-9(5-6-16-10)7-1-3-8(4-2-7)11(13,14)15/h1-6H. The monoisotopic (exact) mass is 262 g/mol. The summed E-state index contributed by atoms with van der Waals surface area (Å²) in [6.07, 6.45) is -4.29. The molecule has 0 aliphatic carbocycles. The molecule has 0 fully saturated rings. The van der Waals surface area contributed by atoms with Crippen LogP contribution in [0, 0.1) is 0 Å². The molecule has 2 aromatic rings. The van der Waals surface area contributed by atoms with Crippen molar-refractivity contribution in [3.05, 3.63) is 45.6 Å². The Morgan fingerprint density at radius 1 is 1.00 bits per heavy atom. The minimum atomic E-state index is -4.29. The van der Waals surface area contributed by atoms with E-state index < -0.39 is 11.7 Å². The van der Waals surface area contributed by atoms with Gasteiger partial charge in [-0.1, -0.05) is 23.7 Å². The summed E-state index contributed by atoms with van der Waals surface area (Å²) in [5.41, 5.74) is 0.808. The van der Waals surface area contributed by atoms with E-state index in [2.05, 4.69) is 0 Å². The molecule has 5 heteroatoms. The summed E-state index contributed by atoms with van der Waals surface area (Å²) in [4.78, 5) is 0. The summed E-state index contributed by atoms with van der Waals surface area (Å²) in [7, 11) is 0. The molecule has 0 N–H and O–H groups in total. The number of halogens is 4. The SMILES string of the molecule is FC(F)(F)c1ccc(-c2ccsc2Cl)cc1. The number of hydrogen-bond acceptors (Lipinski definition) is 1. The molecule has 0 unspecified atom stereocenters. The van der Waals surface area contributed by atoms with E-state index in [1.807, 2.05) is 0 Å². The average molecular weight is 263 g/mol. The highest BCUT2D eigenvalue weighted by molar-refractivity contribution is 7.15. The van der Waals surface area contributed by atoms with E-state index in [0.29, 0.717) is 9.90 Å². The predicted molar refractivity (Wildman–Crippen MR) is 59.8 cm³/mol. The second-order valence-corrected chi connectivity index (χ2v) is 4.70. The van der Waals surface area contributed by atoms with Crippen molar-refractivity contribution in [3.63, 3.8) is 0 Å². The van der Waals surface area contributed by atoms with Crippen LogP contribution in [0.4, 0.5) is 13.2 Å². The van der Waals surface area contributed by atoms with Gasteiger partial charge in [0.2, 0.25) is 0 Å². The minimum absolute atomic E-state index is 0.583. The zero-order valence-electron chi connectivity index (χ0n) is 7.88. The van der Waals surface area contributed by atoms with Crippen LogP contribution in [0.25, 0.3) is 11.1 Å². The van der Waals surface area contributed by atoms with Crippen LogP contribution in [0.1, 0.15) is 5.56 Å². The van der Waals surface area contributed by atoms with Gasteiger partial charge in [0.1, 0.15) is 4.34 Å². The van der Waals surface area contributed by atoms with Crippen molar-refractivity contribution >= 4 is 22.9 Å². The van der Waals surface area contributed by atoms with Gasteiger partial charge < -0.3 is 0 Å². The highest BCUT2D eigenvalue weighted by Crippen LogP contribution is 2.35. The number of thiophene rings is 1. The first-order valence-corrected chi connectivity index (χ1v) is 5.65. The lowest BCUT2D eigenvalue weighted by molar-refractivity contribution is -0.137. The summed E-state index contributed by atoms with van der Waals surface area (Å²) in [5, 5.41) is 1.80. The third-order valence-electron chi connectivity index (χ3n) is 2.14. The quantitative estimate of drug-likeness (QED) is 0.672. The van der Waals surface area contributed by atoms with Crippen molar-refractivity contribution in [1.29, 1.82) is 0 Å². The molecular formula is C11H6ClF3S. The molecule has 1 heterocycles. The zero-order valence-corrected chi connectivity index (χ0v) is 9.46. The van der Waals surface area contributed by atoms with Crippen molar-refractivity contribution in [2.45, 2.75) is 6.18 Å². The van der Waals surface area contributed by atoms with E-state index in [1.165, 1.54) is 23.5 Å². The van der Waals surface area contributed by atoms with Crippen LogP contribution in [-0.4, -0.2) is 0 Å². The summed E-state index contributed by atoms with van der Waals surface area (Å²) < 4.78 is 37.5. The molecule has 0 aliphatic rings. The lowest BCUT2D eigenvalue weighted by Crippen LogP contribution is -2.03. The van der Waals surface area contributed by atoms with E-state index in [1.54, 1.807) is 11.4 Å². The summed E-state index contributed by atoms with van der Waals surface area (Å²) in [6, 6.07) is 6.76. The van der Waals surface area contributed by atoms with E-state index in [0.717, 1.165) is 17.7 Å². The molecule has 1 aromatic heterocycles. The highest BCUT2D eigenvalue weighted by Gasteiger charge is 2.30. The van der Waals surface area contributed by atoms with Gasteiger partial charge in [0.25, 0.3) is 0 Å². The second-order valence-electron chi connectivity index (χ2n) is 3.18. The molecule has 0 saturated carbocycles. The molecule has 0 spiro atoms. The van der Waals surface area contributed by atoms with Crippen LogP contribution in [0.5, 0.6) is 0 Å². The molecule has 0 amide bonds. The first-order chi connectivity index (χ1) is 7.48. The van der Waals surface area contributed by atoms with E-state index >= 15 is 0 Å². The van der Waals surface area contributed by atoms with Gasteiger partial charge in [-0.15, -0.1) is 11.3 Å². The lowest BCUT2D eigenvalue weighted by atomic mass is 10.1. The Bertz CT molecular complexity index is 485. The van der Waals surface area contributed by atoms with E-state index in [9.17, 15) is 13.2 Å². The molecule has 16 heavy (non-hydrogen) atoms. The van der Waals surface area contributed by atoms with Crippen molar-refractivity contribution in [2.75, 3.05) is 0 Å². The second kappa shape index (κ2) is 4.11. The van der Waals surface area contributed by atoms with Crippen LogP contribution in [0.2, 0.25) is 4.34 Å². The molecule has 0 nitrogen and oxygen atoms in total. The molecule has 2 rings (SSSR count). The van der Waals surface area contributed by atoms with Gasteiger partial charge in [0, 0.05) is 5.56 Å². The normalized spacial score (nSPS) is 11.8. The summed E-state index contributed by atoms with van der Waals surface area (Å²) in [6.45, 7) is 0. The van der Waals surface area contributed by atoms with E-state index in [4.69, 9.17) is 11.6 Å². The molecule has 0 aliphatic heterocycles. The Hall–Kier alpha value is -1.00. The van der Waals surface area contributed by atoms with Crippen LogP contribution in [0.15, 0.2) is 35.7 Å². The third-order valence-corrected chi connectivity index (χ3v) is 3.31. The van der Waals surface area contributed by atoms with E-state index in [-0.39, 0.29) is 0 Å². The van der Waals surface area contributed by atoms with Gasteiger partial charge in [0.15, 0.2) is 0 Å². The number of benzene rings is 1. The van der Waals surface area contributed by atoms with Gasteiger partial charge in [0.05, 0.1) is 5.56 Å². The Morgan fingerprint density at radius 2 is 1.62 bits per heavy atom. The van der Waals surface area contributed by atoms with Crippen molar-refractivity contribution in [1.82, 2.24) is 0 Å². The predicted octanol–water partition coefficient (Wildman–Crippen LogP) is 5.09. The smallest absolute Gasteiger partial charge is 0.166 e. The fourth-order valence-electron chi connectivity index (χ4n) is 1.34. The van der Waals surface area contributed by atoms with Gasteiger partial charge >= 0.3 is 6.18 Å². The zero-order chi connectivity index (χ0) is 11.8. The maximum Gasteiger partial charge on any atom is 0.416 e. The highest BCUT2D eigenvalue weighted by atomic mass is 35.5. The van der Waals surface area contributed by atoms with Crippen molar-refractivity contribution in [2.24, 2.45) is 0 Å². The van der Waals surface area contributed by atoms with Crippen molar-refractivity contribution < 1.29 is 13.2 Å². The van der Waals surface area contributed by atoms with Crippen LogP contribution in [0.3, 0.4) is 0 Å². The number of hydrogen-bond donors (Lipinski definition) is 0. The molecule has 0 bridgehead atoms. The molecule has 84 valence electrons. The first-order valence-electron chi connectivity index (χ1n) is 4.39. The topological polar surface area (TPSA) is 0 Å². The Balaban J connectivity index is 2.37. The van der Waals surface area contributed by atoms with Gasteiger partial charge in [-0.3, -0.25) is 0 Å². The average Bonchev–Trinajstić information content (AvgIpc) is 2.63. The Labute approximate surface area is 99.3 Å². The minimum Gasteiger partial charge on any atom is -0.166 e. The van der Waals surface area contributed by atoms with Crippen LogP contribution >= 0.6 is 22.9 Å². The maximum atomic E-state index is 12.3. The van der Waals surface area contributed by atoms with Gasteiger partial charge in [-0.25, -0.2) is 0 Å². The van der Waals surface area contributed by atoms with Gasteiger partial charge in [-0.2, -0.15) is 13.2 Å². The number of rotatable bonds is 1. The summed E-state index contributed by atoms with van der Waals surface area (Å²) >= 11 is 7.25. The Morgan fingerprint density at radius 3 is 2.06 bits per heavy atom. The molecule has 1 aromatic carbocycles. The number of alkyl halides is 3. The summed E-state index contributed by atoms with van der Waals surface area (Å²) in [5.74, 6) is 0. The molecule has 0 radical (unpaired) electrons. The molecule has 0 atom stereocenters.